The van der Waals surface area contributed by atoms with Crippen LogP contribution in [-0.4, -0.2) is 40.1 Å². The zero-order valence-electron chi connectivity index (χ0n) is 17.0. The Morgan fingerprint density at radius 1 is 1.23 bits per heavy atom. The van der Waals surface area contributed by atoms with Gasteiger partial charge in [0.15, 0.2) is 17.0 Å². The summed E-state index contributed by atoms with van der Waals surface area (Å²) in [5, 5.41) is 8.50. The number of nitrogens with one attached hydrogen (secondary N) is 1. The van der Waals surface area contributed by atoms with Gasteiger partial charge in [0.1, 0.15) is 18.7 Å². The number of imidazole rings is 1. The fourth-order valence-electron chi connectivity index (χ4n) is 4.51. The van der Waals surface area contributed by atoms with Crippen molar-refractivity contribution in [1.82, 2.24) is 19.5 Å². The Morgan fingerprint density at radius 3 is 2.90 bits per heavy atom. The van der Waals surface area contributed by atoms with Crippen LogP contribution in [0.5, 0.6) is 0 Å². The maximum Gasteiger partial charge on any atom is 0.333 e. The summed E-state index contributed by atoms with van der Waals surface area (Å²) in [5.74, 6) is 0.686. The minimum absolute atomic E-state index is 0.183. The van der Waals surface area contributed by atoms with E-state index in [4.69, 9.17) is 14.1 Å². The molecule has 4 atom stereocenters. The van der Waals surface area contributed by atoms with Gasteiger partial charge in [0.25, 0.3) is 0 Å². The van der Waals surface area contributed by atoms with Gasteiger partial charge in [0.05, 0.1) is 18.5 Å². The summed E-state index contributed by atoms with van der Waals surface area (Å²) in [6.45, 7) is 1.63. The minimum Gasteiger partial charge on any atom is -0.361 e. The second-order valence-corrected chi connectivity index (χ2v) is 9.16. The molecule has 3 N–H and O–H groups in total. The van der Waals surface area contributed by atoms with Crippen molar-refractivity contribution in [1.29, 1.82) is 0 Å². The number of aryl methyl sites for hydroxylation is 1. The van der Waals surface area contributed by atoms with Gasteiger partial charge in [-0.1, -0.05) is 24.3 Å². The molecule has 5 rings (SSSR count). The first-order chi connectivity index (χ1) is 14.9. The first kappa shape index (κ1) is 20.3. The van der Waals surface area contributed by atoms with E-state index in [2.05, 4.69) is 44.5 Å². The van der Waals surface area contributed by atoms with Gasteiger partial charge in [0, 0.05) is 0 Å². The maximum absolute atomic E-state index is 11.2. The van der Waals surface area contributed by atoms with Crippen LogP contribution in [0.1, 0.15) is 49.6 Å². The van der Waals surface area contributed by atoms with Crippen LogP contribution in [-0.2, 0) is 25.6 Å². The van der Waals surface area contributed by atoms with Crippen molar-refractivity contribution in [3.8, 4) is 0 Å². The Morgan fingerprint density at radius 2 is 2.06 bits per heavy atom. The molecule has 0 spiro atoms. The smallest absolute Gasteiger partial charge is 0.333 e. The molecule has 1 aliphatic carbocycles. The highest BCUT2D eigenvalue weighted by atomic mass is 32.2. The summed E-state index contributed by atoms with van der Waals surface area (Å²) in [5.41, 5.74) is 3.98. The Hall–Kier alpha value is -2.60. The fourth-order valence-corrected chi connectivity index (χ4v) is 5.06. The minimum atomic E-state index is -4.03. The van der Waals surface area contributed by atoms with Crippen LogP contribution in [0, 0.1) is 0 Å². The van der Waals surface area contributed by atoms with E-state index in [9.17, 15) is 8.42 Å². The normalized spacial score (nSPS) is 24.4. The van der Waals surface area contributed by atoms with Gasteiger partial charge in [-0.25, -0.2) is 20.1 Å². The van der Waals surface area contributed by atoms with Crippen LogP contribution in [0.2, 0.25) is 0 Å². The van der Waals surface area contributed by atoms with Crippen molar-refractivity contribution < 1.29 is 17.3 Å². The number of ether oxygens (including phenoxy) is 1. The average Bonchev–Trinajstić information content (AvgIpc) is 3.45. The molecule has 0 radical (unpaired) electrons. The third-order valence-corrected chi connectivity index (χ3v) is 6.52. The highest BCUT2D eigenvalue weighted by Crippen LogP contribution is 2.36. The number of fused-ring (bicyclic) bond motifs is 2. The van der Waals surface area contributed by atoms with E-state index in [1.165, 1.54) is 17.5 Å². The van der Waals surface area contributed by atoms with Crippen LogP contribution in [0.4, 0.5) is 5.82 Å². The van der Waals surface area contributed by atoms with Crippen LogP contribution in [0.15, 0.2) is 36.9 Å². The molecular formula is C20H24N6O4S. The topological polar surface area (TPSA) is 134 Å². The van der Waals surface area contributed by atoms with Crippen molar-refractivity contribution in [3.05, 3.63) is 48.0 Å². The van der Waals surface area contributed by atoms with Crippen molar-refractivity contribution in [2.24, 2.45) is 5.14 Å². The van der Waals surface area contributed by atoms with Gasteiger partial charge in [-0.05, 0) is 43.7 Å². The molecule has 0 bridgehead atoms. The van der Waals surface area contributed by atoms with Crippen molar-refractivity contribution in [2.45, 2.75) is 57.1 Å². The average molecular weight is 445 g/mol. The lowest BCUT2D eigenvalue weighted by atomic mass is 10.1. The first-order valence-electron chi connectivity index (χ1n) is 10.3. The van der Waals surface area contributed by atoms with E-state index in [1.807, 2.05) is 4.57 Å². The number of benzene rings is 1. The standard InChI is InChI=1S/C20H24N6O4S/c1-12(30-31(21,27)28)16-8-9-17(29-16)26-11-24-18-19(22-10-23-20(18)26)25-15-7-6-13-4-2-3-5-14(13)15/h2-5,10-12,15-17H,6-9H2,1H3,(H2,21,27,28)(H,22,23,25)/t12?,15?,16-,17+/m0/s1. The predicted molar refractivity (Wildman–Crippen MR) is 113 cm³/mol. The quantitative estimate of drug-likeness (QED) is 0.591. The summed E-state index contributed by atoms with van der Waals surface area (Å²) < 4.78 is 35.2. The van der Waals surface area contributed by atoms with Crippen LogP contribution >= 0.6 is 0 Å². The molecule has 2 aromatic heterocycles. The molecule has 1 aromatic carbocycles. The monoisotopic (exact) mass is 444 g/mol. The van der Waals surface area contributed by atoms with Crippen molar-refractivity contribution in [2.75, 3.05) is 5.32 Å². The molecule has 31 heavy (non-hydrogen) atoms. The lowest BCUT2D eigenvalue weighted by molar-refractivity contribution is -0.0420. The van der Waals surface area contributed by atoms with Gasteiger partial charge in [-0.3, -0.25) is 8.75 Å². The Labute approximate surface area is 180 Å². The van der Waals surface area contributed by atoms with Gasteiger partial charge < -0.3 is 10.1 Å². The second-order valence-electron chi connectivity index (χ2n) is 7.98. The van der Waals surface area contributed by atoms with Gasteiger partial charge >= 0.3 is 10.3 Å². The molecule has 2 aliphatic rings. The van der Waals surface area contributed by atoms with E-state index < -0.39 is 22.5 Å². The summed E-state index contributed by atoms with van der Waals surface area (Å²) in [6, 6.07) is 8.61. The fraction of sp³-hybridized carbons (Fsp3) is 0.450. The summed E-state index contributed by atoms with van der Waals surface area (Å²) in [7, 11) is -4.03. The van der Waals surface area contributed by atoms with E-state index in [0.29, 0.717) is 29.8 Å². The molecule has 0 saturated carbocycles. The number of hydrogen-bond donors (Lipinski definition) is 2. The van der Waals surface area contributed by atoms with Gasteiger partial charge in [-0.15, -0.1) is 0 Å². The molecule has 11 heteroatoms. The number of aromatic nitrogens is 4. The van der Waals surface area contributed by atoms with Crippen LogP contribution < -0.4 is 10.5 Å². The summed E-state index contributed by atoms with van der Waals surface area (Å²) in [6.07, 6.45) is 5.16. The lowest BCUT2D eigenvalue weighted by Gasteiger charge is -2.20. The molecule has 3 heterocycles. The SMILES string of the molecule is CC(OS(N)(=O)=O)[C@@H]1CC[C@H](n2cnc3c(NC4CCc5ccccc54)ncnc32)O1. The zero-order valence-corrected chi connectivity index (χ0v) is 17.8. The molecule has 164 valence electrons. The maximum atomic E-state index is 11.2. The van der Waals surface area contributed by atoms with E-state index >= 15 is 0 Å². The Kier molecular flexibility index (Phi) is 5.13. The number of rotatable bonds is 6. The first-order valence-corrected chi connectivity index (χ1v) is 11.7. The Bertz CT molecular complexity index is 1210. The highest BCUT2D eigenvalue weighted by molar-refractivity contribution is 7.84. The molecular weight excluding hydrogens is 420 g/mol. The van der Waals surface area contributed by atoms with Crippen LogP contribution in [0.3, 0.4) is 0 Å². The second kappa shape index (κ2) is 7.83. The summed E-state index contributed by atoms with van der Waals surface area (Å²) in [4.78, 5) is 13.4. The molecule has 2 unspecified atom stereocenters. The van der Waals surface area contributed by atoms with E-state index in [1.54, 1.807) is 13.3 Å². The predicted octanol–water partition coefficient (Wildman–Crippen LogP) is 2.21. The number of hydrogen-bond acceptors (Lipinski definition) is 8. The van der Waals surface area contributed by atoms with Crippen molar-refractivity contribution in [3.63, 3.8) is 0 Å². The number of nitrogens with zero attached hydrogens (tertiary/aromatic N) is 4. The number of nitrogens with two attached hydrogens (primary N) is 1. The Balaban J connectivity index is 1.36. The van der Waals surface area contributed by atoms with E-state index in [-0.39, 0.29) is 12.3 Å². The van der Waals surface area contributed by atoms with Crippen molar-refractivity contribution >= 4 is 27.3 Å². The zero-order chi connectivity index (χ0) is 21.6. The molecule has 1 fully saturated rings. The molecule has 1 aliphatic heterocycles. The highest BCUT2D eigenvalue weighted by Gasteiger charge is 2.34. The van der Waals surface area contributed by atoms with Gasteiger partial charge in [-0.2, -0.15) is 8.42 Å². The third kappa shape index (κ3) is 4.01. The lowest BCUT2D eigenvalue weighted by Crippen LogP contribution is -2.31. The summed E-state index contributed by atoms with van der Waals surface area (Å²) >= 11 is 0. The van der Waals surface area contributed by atoms with Gasteiger partial charge in [0.2, 0.25) is 0 Å². The molecule has 10 nitrogen and oxygen atoms in total. The molecule has 1 saturated heterocycles. The largest absolute Gasteiger partial charge is 0.361 e. The number of anilines is 1. The molecule has 0 amide bonds. The molecule has 3 aromatic rings. The van der Waals surface area contributed by atoms with E-state index in [0.717, 1.165) is 12.8 Å². The third-order valence-electron chi connectivity index (χ3n) is 5.95. The van der Waals surface area contributed by atoms with Crippen LogP contribution in [0.25, 0.3) is 11.2 Å².